The molecule has 1 heterocycles. The van der Waals surface area contributed by atoms with Gasteiger partial charge < -0.3 is 10.1 Å². The van der Waals surface area contributed by atoms with E-state index in [1.807, 2.05) is 6.92 Å². The molecule has 0 radical (unpaired) electrons. The average Bonchev–Trinajstić information content (AvgIpc) is 2.38. The lowest BCUT2D eigenvalue weighted by Gasteiger charge is -2.51. The second-order valence-corrected chi connectivity index (χ2v) is 6.26. The number of ether oxygens (including phenoxy) is 1. The zero-order valence-electron chi connectivity index (χ0n) is 11.7. The molecule has 0 amide bonds. The van der Waals surface area contributed by atoms with Gasteiger partial charge >= 0.3 is 0 Å². The minimum atomic E-state index is -0.104. The number of nitrogens with one attached hydrogen (secondary N) is 1. The van der Waals surface area contributed by atoms with Gasteiger partial charge in [-0.1, -0.05) is 13.8 Å². The first-order chi connectivity index (χ1) is 8.91. The molecule has 2 unspecified atom stereocenters. The first kappa shape index (κ1) is 14.5. The van der Waals surface area contributed by atoms with Gasteiger partial charge in [-0.2, -0.15) is 5.10 Å². The lowest BCUT2D eigenvalue weighted by Crippen LogP contribution is -2.57. The van der Waals surface area contributed by atoms with E-state index in [-0.39, 0.29) is 23.1 Å². The number of methoxy groups -OCH3 is 1. The zero-order chi connectivity index (χ0) is 14.2. The molecule has 1 aromatic rings. The van der Waals surface area contributed by atoms with Crippen molar-refractivity contribution in [3.63, 3.8) is 0 Å². The first-order valence-electron chi connectivity index (χ1n) is 6.46. The molecule has 19 heavy (non-hydrogen) atoms. The molecule has 0 bridgehead atoms. The third-order valence-corrected chi connectivity index (χ3v) is 4.84. The van der Waals surface area contributed by atoms with Crippen LogP contribution in [0.3, 0.4) is 0 Å². The highest BCUT2D eigenvalue weighted by atomic mass is 79.9. The molecular weight excluding hydrogens is 310 g/mol. The van der Waals surface area contributed by atoms with Crippen molar-refractivity contribution in [2.75, 3.05) is 12.4 Å². The van der Waals surface area contributed by atoms with Gasteiger partial charge in [0.05, 0.1) is 18.0 Å². The first-order valence-corrected chi connectivity index (χ1v) is 7.26. The summed E-state index contributed by atoms with van der Waals surface area (Å²) in [6.45, 7) is 6.79. The lowest BCUT2D eigenvalue weighted by atomic mass is 9.64. The SMILES string of the molecule is CCn1ncc(NC2CC(OC)C2(C)C)c(Br)c1=O. The van der Waals surface area contributed by atoms with Gasteiger partial charge in [-0.25, -0.2) is 4.68 Å². The van der Waals surface area contributed by atoms with Gasteiger partial charge in [0.2, 0.25) is 0 Å². The molecular formula is C13H20BrN3O2. The number of rotatable bonds is 4. The van der Waals surface area contributed by atoms with Crippen LogP contribution in [0.25, 0.3) is 0 Å². The Hall–Kier alpha value is -0.880. The van der Waals surface area contributed by atoms with Gasteiger partial charge in [-0.15, -0.1) is 0 Å². The molecule has 5 nitrogen and oxygen atoms in total. The fourth-order valence-corrected chi connectivity index (χ4v) is 2.93. The molecule has 1 fully saturated rings. The van der Waals surface area contributed by atoms with E-state index in [1.54, 1.807) is 13.3 Å². The Morgan fingerprint density at radius 2 is 2.32 bits per heavy atom. The summed E-state index contributed by atoms with van der Waals surface area (Å²) in [6, 6.07) is 0.285. The minimum absolute atomic E-state index is 0.0494. The quantitative estimate of drug-likeness (QED) is 0.920. The van der Waals surface area contributed by atoms with E-state index in [9.17, 15) is 4.79 Å². The predicted octanol–water partition coefficient (Wildman–Crippen LogP) is 2.25. The highest BCUT2D eigenvalue weighted by Crippen LogP contribution is 2.44. The average molecular weight is 330 g/mol. The van der Waals surface area contributed by atoms with Crippen LogP contribution in [0.2, 0.25) is 0 Å². The summed E-state index contributed by atoms with van der Waals surface area (Å²) in [5.74, 6) is 0. The molecule has 1 saturated carbocycles. The van der Waals surface area contributed by atoms with Crippen LogP contribution in [0.4, 0.5) is 5.69 Å². The second kappa shape index (κ2) is 5.25. The summed E-state index contributed by atoms with van der Waals surface area (Å²) in [6.07, 6.45) is 2.89. The number of hydrogen-bond donors (Lipinski definition) is 1. The van der Waals surface area contributed by atoms with E-state index in [1.165, 1.54) is 4.68 Å². The molecule has 1 N–H and O–H groups in total. The fourth-order valence-electron chi connectivity index (χ4n) is 2.51. The van der Waals surface area contributed by atoms with Gasteiger partial charge in [-0.05, 0) is 29.3 Å². The number of aromatic nitrogens is 2. The fraction of sp³-hybridized carbons (Fsp3) is 0.692. The number of nitrogens with zero attached hydrogens (tertiary/aromatic N) is 2. The number of hydrogen-bond acceptors (Lipinski definition) is 4. The van der Waals surface area contributed by atoms with Crippen LogP contribution in [-0.4, -0.2) is 29.0 Å². The molecule has 0 aromatic carbocycles. The van der Waals surface area contributed by atoms with E-state index in [4.69, 9.17) is 4.74 Å². The normalized spacial score (nSPS) is 24.9. The standard InChI is InChI=1S/C13H20BrN3O2/c1-5-17-12(18)11(14)8(7-15-17)16-9-6-10(19-4)13(9,2)3/h7,9-10,16H,5-6H2,1-4H3. The van der Waals surface area contributed by atoms with Crippen molar-refractivity contribution in [1.82, 2.24) is 9.78 Å². The van der Waals surface area contributed by atoms with Gasteiger partial charge in [0.1, 0.15) is 4.47 Å². The molecule has 1 aromatic heterocycles. The molecule has 106 valence electrons. The van der Waals surface area contributed by atoms with Crippen molar-refractivity contribution in [2.24, 2.45) is 5.41 Å². The lowest BCUT2D eigenvalue weighted by molar-refractivity contribution is -0.0794. The molecule has 6 heteroatoms. The Balaban J connectivity index is 2.18. The van der Waals surface area contributed by atoms with Crippen molar-refractivity contribution < 1.29 is 4.74 Å². The highest BCUT2D eigenvalue weighted by molar-refractivity contribution is 9.10. The topological polar surface area (TPSA) is 56.1 Å². The van der Waals surface area contributed by atoms with Gasteiger partial charge in [0.15, 0.2) is 0 Å². The zero-order valence-corrected chi connectivity index (χ0v) is 13.3. The molecule has 1 aliphatic rings. The molecule has 0 saturated heterocycles. The molecule has 2 rings (SSSR count). The van der Waals surface area contributed by atoms with E-state index in [0.29, 0.717) is 11.0 Å². The van der Waals surface area contributed by atoms with E-state index in [0.717, 1.165) is 12.1 Å². The summed E-state index contributed by atoms with van der Waals surface area (Å²) < 4.78 is 7.40. The molecule has 0 aliphatic heterocycles. The largest absolute Gasteiger partial charge is 0.381 e. The summed E-state index contributed by atoms with van der Waals surface area (Å²) in [5, 5.41) is 7.53. The van der Waals surface area contributed by atoms with Gasteiger partial charge in [0.25, 0.3) is 5.56 Å². The number of aryl methyl sites for hydroxylation is 1. The second-order valence-electron chi connectivity index (χ2n) is 5.47. The van der Waals surface area contributed by atoms with Crippen molar-refractivity contribution in [1.29, 1.82) is 0 Å². The summed E-state index contributed by atoms with van der Waals surface area (Å²) in [7, 11) is 1.74. The molecule has 0 spiro atoms. The summed E-state index contributed by atoms with van der Waals surface area (Å²) in [5.41, 5.74) is 0.698. The van der Waals surface area contributed by atoms with Gasteiger partial charge in [0, 0.05) is 25.1 Å². The van der Waals surface area contributed by atoms with Crippen molar-refractivity contribution >= 4 is 21.6 Å². The van der Waals surface area contributed by atoms with Crippen molar-refractivity contribution in [3.05, 3.63) is 21.0 Å². The highest BCUT2D eigenvalue weighted by Gasteiger charge is 2.48. The Bertz CT molecular complexity index is 527. The maximum absolute atomic E-state index is 12.0. The summed E-state index contributed by atoms with van der Waals surface area (Å²) >= 11 is 3.36. The number of halogens is 1. The smallest absolute Gasteiger partial charge is 0.283 e. The Labute approximate surface area is 121 Å². The maximum atomic E-state index is 12.0. The monoisotopic (exact) mass is 329 g/mol. The Morgan fingerprint density at radius 3 is 2.84 bits per heavy atom. The molecule has 2 atom stereocenters. The van der Waals surface area contributed by atoms with Crippen molar-refractivity contribution in [2.45, 2.75) is 45.9 Å². The predicted molar refractivity (Wildman–Crippen MR) is 78.5 cm³/mol. The Kier molecular flexibility index (Phi) is 4.01. The third kappa shape index (κ3) is 2.43. The third-order valence-electron chi connectivity index (χ3n) is 4.08. The van der Waals surface area contributed by atoms with Crippen LogP contribution in [0.5, 0.6) is 0 Å². The van der Waals surface area contributed by atoms with E-state index < -0.39 is 0 Å². The van der Waals surface area contributed by atoms with Crippen LogP contribution in [0.15, 0.2) is 15.5 Å². The minimum Gasteiger partial charge on any atom is -0.381 e. The number of anilines is 1. The summed E-state index contributed by atoms with van der Waals surface area (Å²) in [4.78, 5) is 12.0. The van der Waals surface area contributed by atoms with Crippen LogP contribution >= 0.6 is 15.9 Å². The van der Waals surface area contributed by atoms with E-state index in [2.05, 4.69) is 40.2 Å². The molecule has 1 aliphatic carbocycles. The van der Waals surface area contributed by atoms with Crippen LogP contribution in [-0.2, 0) is 11.3 Å². The van der Waals surface area contributed by atoms with Crippen molar-refractivity contribution in [3.8, 4) is 0 Å². The van der Waals surface area contributed by atoms with Crippen LogP contribution in [0, 0.1) is 5.41 Å². The Morgan fingerprint density at radius 1 is 1.63 bits per heavy atom. The maximum Gasteiger partial charge on any atom is 0.283 e. The van der Waals surface area contributed by atoms with Crippen LogP contribution in [0.1, 0.15) is 27.2 Å². The van der Waals surface area contributed by atoms with Crippen LogP contribution < -0.4 is 10.9 Å². The van der Waals surface area contributed by atoms with Gasteiger partial charge in [-0.3, -0.25) is 4.79 Å². The van der Waals surface area contributed by atoms with E-state index >= 15 is 0 Å².